The Bertz CT molecular complexity index is 764. The lowest BCUT2D eigenvalue weighted by Gasteiger charge is -2.18. The number of hydrazone groups is 1. The maximum absolute atomic E-state index is 11.8. The van der Waals surface area contributed by atoms with Gasteiger partial charge in [-0.2, -0.15) is 5.10 Å². The number of nitrogens with two attached hydrogens (primary N) is 1. The van der Waals surface area contributed by atoms with E-state index in [-0.39, 0.29) is 0 Å². The van der Waals surface area contributed by atoms with Gasteiger partial charge in [0.25, 0.3) is 0 Å². The molecule has 0 spiro atoms. The molecule has 0 atom stereocenters. The monoisotopic (exact) mass is 383 g/mol. The van der Waals surface area contributed by atoms with E-state index in [1.54, 1.807) is 0 Å². The van der Waals surface area contributed by atoms with Gasteiger partial charge in [-0.05, 0) is 67.4 Å². The summed E-state index contributed by atoms with van der Waals surface area (Å²) in [4.78, 5) is 11.8. The van der Waals surface area contributed by atoms with E-state index in [9.17, 15) is 4.79 Å². The second kappa shape index (κ2) is 10.7. The van der Waals surface area contributed by atoms with Crippen LogP contribution in [0.2, 0.25) is 0 Å². The fraction of sp³-hybridized carbons (Fsp3) is 0.455. The summed E-state index contributed by atoms with van der Waals surface area (Å²) in [6.45, 7) is 8.66. The van der Waals surface area contributed by atoms with Gasteiger partial charge in [-0.25, -0.2) is 10.6 Å². The van der Waals surface area contributed by atoms with Crippen molar-refractivity contribution in [2.75, 3.05) is 13.6 Å². The molecule has 2 rings (SSSR count). The van der Waals surface area contributed by atoms with Crippen molar-refractivity contribution >= 4 is 12.2 Å². The van der Waals surface area contributed by atoms with Crippen molar-refractivity contribution in [1.29, 1.82) is 0 Å². The Hall–Kier alpha value is -2.60. The first-order chi connectivity index (χ1) is 13.4. The van der Waals surface area contributed by atoms with E-state index in [1.807, 2.05) is 6.21 Å². The van der Waals surface area contributed by atoms with E-state index in [1.165, 1.54) is 43.0 Å². The number of fused-ring (bicyclic) bond motifs is 1. The normalized spacial score (nSPS) is 14.3. The Morgan fingerprint density at radius 1 is 1.32 bits per heavy atom. The number of nitrogens with zero attached hydrogens (tertiary/aromatic N) is 2. The molecule has 4 N–H and O–H groups in total. The van der Waals surface area contributed by atoms with Crippen molar-refractivity contribution in [3.63, 3.8) is 0 Å². The molecule has 0 saturated heterocycles. The molecule has 2 amide bonds. The van der Waals surface area contributed by atoms with E-state index < -0.39 is 6.03 Å². The molecule has 0 aromatic heterocycles. The molecule has 28 heavy (non-hydrogen) atoms. The van der Waals surface area contributed by atoms with Crippen LogP contribution in [0.25, 0.3) is 0 Å². The number of urea groups is 1. The number of nitrogens with one attached hydrogen (secondary N) is 2. The minimum Gasteiger partial charge on any atom is -0.307 e. The quantitative estimate of drug-likeness (QED) is 0.211. The number of hydrogen-bond acceptors (Lipinski definition) is 4. The summed E-state index contributed by atoms with van der Waals surface area (Å²) >= 11 is 0. The summed E-state index contributed by atoms with van der Waals surface area (Å²) in [5, 5.41) is 8.10. The highest BCUT2D eigenvalue weighted by molar-refractivity contribution is 5.80. The Kier molecular flexibility index (Phi) is 8.26. The predicted molar refractivity (Wildman–Crippen MR) is 116 cm³/mol. The van der Waals surface area contributed by atoms with Gasteiger partial charge in [0.1, 0.15) is 0 Å². The Morgan fingerprint density at radius 2 is 2.04 bits per heavy atom. The van der Waals surface area contributed by atoms with Crippen LogP contribution in [0.4, 0.5) is 4.79 Å². The number of aryl methyl sites for hydroxylation is 2. The third-order valence-corrected chi connectivity index (χ3v) is 5.02. The van der Waals surface area contributed by atoms with E-state index in [0.29, 0.717) is 12.2 Å². The SMILES string of the molecule is C=C(NC(=O)N(C)N)/C(CNN=Cc1ccc2c(c1)CCCC2)=C(/C)CCC. The van der Waals surface area contributed by atoms with E-state index in [2.05, 4.69) is 54.5 Å². The molecule has 0 aliphatic heterocycles. The third kappa shape index (κ3) is 6.23. The summed E-state index contributed by atoms with van der Waals surface area (Å²) in [5.41, 5.74) is 9.76. The van der Waals surface area contributed by atoms with Crippen LogP contribution in [-0.4, -0.2) is 30.8 Å². The molecule has 0 radical (unpaired) electrons. The first-order valence-corrected chi connectivity index (χ1v) is 9.97. The van der Waals surface area contributed by atoms with Gasteiger partial charge >= 0.3 is 6.03 Å². The first-order valence-electron chi connectivity index (χ1n) is 9.97. The van der Waals surface area contributed by atoms with Crippen molar-refractivity contribution < 1.29 is 4.79 Å². The molecule has 0 unspecified atom stereocenters. The zero-order valence-corrected chi connectivity index (χ0v) is 17.3. The van der Waals surface area contributed by atoms with Gasteiger partial charge in [0, 0.05) is 12.7 Å². The summed E-state index contributed by atoms with van der Waals surface area (Å²) in [5.74, 6) is 5.48. The number of amides is 2. The number of carbonyl (C=O) groups is 1. The standard InChI is InChI=1S/C22H33N5O/c1-5-8-16(2)21(17(3)26-22(28)27(4)23)15-25-24-14-18-11-12-19-9-6-7-10-20(19)13-18/h11-14,25H,3,5-10,15,23H2,1-2,4H3,(H,26,28)/b21-16-,24-14?. The van der Waals surface area contributed by atoms with Crippen LogP contribution in [0.5, 0.6) is 0 Å². The molecule has 0 bridgehead atoms. The van der Waals surface area contributed by atoms with Crippen molar-refractivity contribution in [1.82, 2.24) is 15.8 Å². The number of hydrazine groups is 1. The zero-order valence-electron chi connectivity index (χ0n) is 17.3. The van der Waals surface area contributed by atoms with Crippen LogP contribution >= 0.6 is 0 Å². The number of rotatable bonds is 8. The Labute approximate surface area is 168 Å². The fourth-order valence-corrected chi connectivity index (χ4v) is 3.41. The topological polar surface area (TPSA) is 82.8 Å². The molecule has 1 aromatic carbocycles. The molecular weight excluding hydrogens is 350 g/mol. The van der Waals surface area contributed by atoms with Gasteiger partial charge in [-0.1, -0.05) is 37.6 Å². The van der Waals surface area contributed by atoms with Crippen molar-refractivity contribution in [2.45, 2.75) is 52.4 Å². The van der Waals surface area contributed by atoms with Crippen LogP contribution < -0.4 is 16.6 Å². The first kappa shape index (κ1) is 21.7. The zero-order chi connectivity index (χ0) is 20.5. The van der Waals surface area contributed by atoms with E-state index in [4.69, 9.17) is 5.84 Å². The van der Waals surface area contributed by atoms with Crippen molar-refractivity contribution in [2.24, 2.45) is 10.9 Å². The summed E-state index contributed by atoms with van der Waals surface area (Å²) < 4.78 is 0. The summed E-state index contributed by atoms with van der Waals surface area (Å²) in [7, 11) is 1.49. The predicted octanol–water partition coefficient (Wildman–Crippen LogP) is 3.63. The van der Waals surface area contributed by atoms with E-state index in [0.717, 1.165) is 35.4 Å². The number of carbonyl (C=O) groups excluding carboxylic acids is 1. The lowest BCUT2D eigenvalue weighted by molar-refractivity contribution is 0.213. The molecule has 1 aliphatic rings. The van der Waals surface area contributed by atoms with Crippen LogP contribution in [-0.2, 0) is 12.8 Å². The van der Waals surface area contributed by atoms with Gasteiger partial charge in [-0.3, -0.25) is 5.01 Å². The molecule has 0 heterocycles. The van der Waals surface area contributed by atoms with Gasteiger partial charge in [-0.15, -0.1) is 0 Å². The highest BCUT2D eigenvalue weighted by Gasteiger charge is 2.12. The second-order valence-corrected chi connectivity index (χ2v) is 7.36. The van der Waals surface area contributed by atoms with Gasteiger partial charge in [0.15, 0.2) is 0 Å². The third-order valence-electron chi connectivity index (χ3n) is 5.02. The molecule has 152 valence electrons. The Balaban J connectivity index is 2.01. The second-order valence-electron chi connectivity index (χ2n) is 7.36. The van der Waals surface area contributed by atoms with Crippen LogP contribution in [0.1, 0.15) is 56.2 Å². The highest BCUT2D eigenvalue weighted by atomic mass is 16.2. The van der Waals surface area contributed by atoms with Gasteiger partial charge in [0.2, 0.25) is 0 Å². The van der Waals surface area contributed by atoms with Crippen molar-refractivity contribution in [3.8, 4) is 0 Å². The van der Waals surface area contributed by atoms with Crippen LogP contribution in [0.15, 0.2) is 46.7 Å². The average Bonchev–Trinajstić information content (AvgIpc) is 2.67. The Morgan fingerprint density at radius 3 is 2.71 bits per heavy atom. The largest absolute Gasteiger partial charge is 0.335 e. The highest BCUT2D eigenvalue weighted by Crippen LogP contribution is 2.21. The van der Waals surface area contributed by atoms with Crippen molar-refractivity contribution in [3.05, 3.63) is 58.3 Å². The lowest BCUT2D eigenvalue weighted by atomic mass is 9.90. The number of allylic oxidation sites excluding steroid dienone is 1. The maximum atomic E-state index is 11.8. The summed E-state index contributed by atoms with van der Waals surface area (Å²) in [6, 6.07) is 6.16. The molecular formula is C22H33N5O. The molecule has 0 fully saturated rings. The molecule has 1 aromatic rings. The van der Waals surface area contributed by atoms with Crippen LogP contribution in [0.3, 0.4) is 0 Å². The molecule has 0 saturated carbocycles. The average molecular weight is 384 g/mol. The maximum Gasteiger partial charge on any atom is 0.335 e. The molecule has 6 nitrogen and oxygen atoms in total. The minimum atomic E-state index is -0.399. The van der Waals surface area contributed by atoms with Crippen LogP contribution in [0, 0.1) is 0 Å². The van der Waals surface area contributed by atoms with E-state index >= 15 is 0 Å². The number of benzene rings is 1. The fourth-order valence-electron chi connectivity index (χ4n) is 3.41. The smallest absolute Gasteiger partial charge is 0.307 e. The number of hydrogen-bond donors (Lipinski definition) is 3. The lowest BCUT2D eigenvalue weighted by Crippen LogP contribution is -2.41. The minimum absolute atomic E-state index is 0.399. The molecule has 6 heteroatoms. The molecule has 1 aliphatic carbocycles. The van der Waals surface area contributed by atoms with Gasteiger partial charge < -0.3 is 10.7 Å². The van der Waals surface area contributed by atoms with Gasteiger partial charge in [0.05, 0.1) is 12.8 Å². The summed E-state index contributed by atoms with van der Waals surface area (Å²) in [6.07, 6.45) is 8.68.